The van der Waals surface area contributed by atoms with Gasteiger partial charge in [-0.2, -0.15) is 0 Å². The van der Waals surface area contributed by atoms with E-state index in [0.29, 0.717) is 16.8 Å². The van der Waals surface area contributed by atoms with E-state index in [4.69, 9.17) is 9.88 Å². The monoisotopic (exact) mass is 346 g/mol. The number of cyclic esters (lactones) is 1. The van der Waals surface area contributed by atoms with Crippen LogP contribution < -0.4 is 10.5 Å². The van der Waals surface area contributed by atoms with Crippen LogP contribution in [-0.4, -0.2) is 20.3 Å². The topological polar surface area (TPSA) is 116 Å². The van der Waals surface area contributed by atoms with Gasteiger partial charge in [0.15, 0.2) is 0 Å². The number of rotatable bonds is 4. The summed E-state index contributed by atoms with van der Waals surface area (Å²) in [6, 6.07) is 12.5. The molecular formula is C16H14N2O5S. The summed E-state index contributed by atoms with van der Waals surface area (Å²) in [5.74, 6) is -0.865. The number of fused-ring (bicyclic) bond motifs is 1. The van der Waals surface area contributed by atoms with Crippen molar-refractivity contribution in [3.63, 3.8) is 0 Å². The standard InChI is InChI=1S/C16H14N2O5S/c17-24(21,22)11-5-3-4-10(8-11)18-15(19)9-14-12-6-1-2-7-13(12)16(20)23-14/h1-8,14H,9H2,(H,18,19)(H2,17,21,22). The number of amides is 1. The Morgan fingerprint density at radius 3 is 2.67 bits per heavy atom. The van der Waals surface area contributed by atoms with Gasteiger partial charge in [-0.1, -0.05) is 24.3 Å². The first kappa shape index (κ1) is 16.2. The highest BCUT2D eigenvalue weighted by Gasteiger charge is 2.32. The van der Waals surface area contributed by atoms with Gasteiger partial charge in [-0.3, -0.25) is 4.79 Å². The van der Waals surface area contributed by atoms with Crippen LogP contribution in [0, 0.1) is 0 Å². The van der Waals surface area contributed by atoms with Crippen LogP contribution in [0.2, 0.25) is 0 Å². The van der Waals surface area contributed by atoms with Crippen molar-refractivity contribution in [2.75, 3.05) is 5.32 Å². The lowest BCUT2D eigenvalue weighted by atomic mass is 10.0. The van der Waals surface area contributed by atoms with E-state index in [1.165, 1.54) is 18.2 Å². The van der Waals surface area contributed by atoms with E-state index in [9.17, 15) is 18.0 Å². The Balaban J connectivity index is 1.73. The molecule has 1 amide bonds. The lowest BCUT2D eigenvalue weighted by Gasteiger charge is -2.11. The van der Waals surface area contributed by atoms with Crippen LogP contribution in [0.1, 0.15) is 28.4 Å². The molecule has 0 saturated heterocycles. The summed E-state index contributed by atoms with van der Waals surface area (Å²) in [6.45, 7) is 0. The van der Waals surface area contributed by atoms with E-state index in [-0.39, 0.29) is 11.3 Å². The third kappa shape index (κ3) is 3.29. The van der Waals surface area contributed by atoms with Crippen molar-refractivity contribution in [3.05, 3.63) is 59.7 Å². The van der Waals surface area contributed by atoms with Crippen molar-refractivity contribution < 1.29 is 22.7 Å². The molecule has 1 aliphatic heterocycles. The minimum atomic E-state index is -3.85. The molecule has 124 valence electrons. The Morgan fingerprint density at radius 1 is 1.17 bits per heavy atom. The second-order valence-corrected chi connectivity index (χ2v) is 6.87. The van der Waals surface area contributed by atoms with Crippen molar-refractivity contribution in [2.45, 2.75) is 17.4 Å². The molecule has 0 aliphatic carbocycles. The highest BCUT2D eigenvalue weighted by Crippen LogP contribution is 2.33. The molecule has 8 heteroatoms. The first-order valence-electron chi connectivity index (χ1n) is 7.07. The number of benzene rings is 2. The van der Waals surface area contributed by atoms with E-state index < -0.39 is 28.0 Å². The molecular weight excluding hydrogens is 332 g/mol. The Bertz CT molecular complexity index is 924. The van der Waals surface area contributed by atoms with Gasteiger partial charge in [0.1, 0.15) is 6.10 Å². The van der Waals surface area contributed by atoms with Crippen molar-refractivity contribution >= 4 is 27.6 Å². The Kier molecular flexibility index (Phi) is 4.08. The number of hydrogen-bond acceptors (Lipinski definition) is 5. The zero-order valence-corrected chi connectivity index (χ0v) is 13.2. The first-order chi connectivity index (χ1) is 11.3. The minimum absolute atomic E-state index is 0.0671. The third-order valence-corrected chi connectivity index (χ3v) is 4.50. The van der Waals surface area contributed by atoms with Gasteiger partial charge in [-0.25, -0.2) is 18.4 Å². The van der Waals surface area contributed by atoms with E-state index in [2.05, 4.69) is 5.32 Å². The van der Waals surface area contributed by atoms with E-state index in [0.717, 1.165) is 0 Å². The highest BCUT2D eigenvalue weighted by atomic mass is 32.2. The maximum atomic E-state index is 12.2. The van der Waals surface area contributed by atoms with E-state index in [1.54, 1.807) is 30.3 Å². The number of hydrogen-bond donors (Lipinski definition) is 2. The van der Waals surface area contributed by atoms with Gasteiger partial charge in [0.05, 0.1) is 16.9 Å². The van der Waals surface area contributed by atoms with Gasteiger partial charge < -0.3 is 10.1 Å². The maximum Gasteiger partial charge on any atom is 0.339 e. The van der Waals surface area contributed by atoms with Crippen LogP contribution in [0.5, 0.6) is 0 Å². The quantitative estimate of drug-likeness (QED) is 0.815. The van der Waals surface area contributed by atoms with Gasteiger partial charge in [0.2, 0.25) is 15.9 Å². The van der Waals surface area contributed by atoms with Gasteiger partial charge in [-0.15, -0.1) is 0 Å². The molecule has 0 fully saturated rings. The number of carbonyl (C=O) groups is 2. The predicted molar refractivity (Wildman–Crippen MR) is 85.7 cm³/mol. The normalized spacial score (nSPS) is 16.4. The molecule has 0 spiro atoms. The average Bonchev–Trinajstić information content (AvgIpc) is 2.83. The van der Waals surface area contributed by atoms with Gasteiger partial charge in [-0.05, 0) is 24.3 Å². The molecule has 24 heavy (non-hydrogen) atoms. The Labute approximate surface area is 138 Å². The number of carbonyl (C=O) groups excluding carboxylic acids is 2. The summed E-state index contributed by atoms with van der Waals surface area (Å²) in [7, 11) is -3.85. The summed E-state index contributed by atoms with van der Waals surface area (Å²) >= 11 is 0. The lowest BCUT2D eigenvalue weighted by Crippen LogP contribution is -2.17. The molecule has 2 aromatic carbocycles. The van der Waals surface area contributed by atoms with Crippen LogP contribution in [-0.2, 0) is 19.6 Å². The highest BCUT2D eigenvalue weighted by molar-refractivity contribution is 7.89. The van der Waals surface area contributed by atoms with Gasteiger partial charge in [0, 0.05) is 11.3 Å². The smallest absolute Gasteiger partial charge is 0.339 e. The largest absolute Gasteiger partial charge is 0.453 e. The number of anilines is 1. The molecule has 1 aliphatic rings. The lowest BCUT2D eigenvalue weighted by molar-refractivity contribution is -0.118. The maximum absolute atomic E-state index is 12.2. The molecule has 7 nitrogen and oxygen atoms in total. The fraction of sp³-hybridized carbons (Fsp3) is 0.125. The van der Waals surface area contributed by atoms with Crippen molar-refractivity contribution in [1.29, 1.82) is 0 Å². The summed E-state index contributed by atoms with van der Waals surface area (Å²) in [4.78, 5) is 23.8. The molecule has 0 aromatic heterocycles. The van der Waals surface area contributed by atoms with Crippen LogP contribution >= 0.6 is 0 Å². The Morgan fingerprint density at radius 2 is 1.92 bits per heavy atom. The molecule has 1 unspecified atom stereocenters. The first-order valence-corrected chi connectivity index (χ1v) is 8.62. The van der Waals surface area contributed by atoms with Crippen molar-refractivity contribution in [3.8, 4) is 0 Å². The minimum Gasteiger partial charge on any atom is -0.453 e. The summed E-state index contributed by atoms with van der Waals surface area (Å²) in [5.41, 5.74) is 1.41. The second kappa shape index (κ2) is 6.06. The summed E-state index contributed by atoms with van der Waals surface area (Å²) < 4.78 is 27.9. The molecule has 3 rings (SSSR count). The number of primary sulfonamides is 1. The number of nitrogens with one attached hydrogen (secondary N) is 1. The van der Waals surface area contributed by atoms with Crippen LogP contribution in [0.4, 0.5) is 5.69 Å². The second-order valence-electron chi connectivity index (χ2n) is 5.31. The number of esters is 1. The van der Waals surface area contributed by atoms with Crippen LogP contribution in [0.3, 0.4) is 0 Å². The molecule has 0 radical (unpaired) electrons. The zero-order chi connectivity index (χ0) is 17.3. The van der Waals surface area contributed by atoms with E-state index in [1.807, 2.05) is 0 Å². The Hall–Kier alpha value is -2.71. The average molecular weight is 346 g/mol. The van der Waals surface area contributed by atoms with Crippen molar-refractivity contribution in [2.24, 2.45) is 5.14 Å². The summed E-state index contributed by atoms with van der Waals surface area (Å²) in [5, 5.41) is 7.64. The van der Waals surface area contributed by atoms with Gasteiger partial charge in [0.25, 0.3) is 0 Å². The fourth-order valence-corrected chi connectivity index (χ4v) is 3.06. The molecule has 0 bridgehead atoms. The number of ether oxygens (including phenoxy) is 1. The molecule has 1 heterocycles. The fourth-order valence-electron chi connectivity index (χ4n) is 2.50. The van der Waals surface area contributed by atoms with Crippen LogP contribution in [0.25, 0.3) is 0 Å². The van der Waals surface area contributed by atoms with Crippen LogP contribution in [0.15, 0.2) is 53.4 Å². The SMILES string of the molecule is NS(=O)(=O)c1cccc(NC(=O)CC2OC(=O)c3ccccc32)c1. The molecule has 3 N–H and O–H groups in total. The zero-order valence-electron chi connectivity index (χ0n) is 12.4. The molecule has 0 saturated carbocycles. The predicted octanol–water partition coefficient (Wildman–Crippen LogP) is 1.57. The van der Waals surface area contributed by atoms with Crippen molar-refractivity contribution in [1.82, 2.24) is 0 Å². The van der Waals surface area contributed by atoms with Gasteiger partial charge >= 0.3 is 5.97 Å². The molecule has 2 aromatic rings. The number of sulfonamides is 1. The van der Waals surface area contributed by atoms with E-state index >= 15 is 0 Å². The third-order valence-electron chi connectivity index (χ3n) is 3.59. The number of nitrogens with two attached hydrogens (primary N) is 1. The summed E-state index contributed by atoms with van der Waals surface area (Å²) in [6.07, 6.45) is -0.724. The molecule has 1 atom stereocenters.